The molecule has 1 fully saturated rings. The van der Waals surface area contributed by atoms with E-state index in [0.29, 0.717) is 18.4 Å². The molecular weight excluding hydrogens is 282 g/mol. The van der Waals surface area contributed by atoms with Crippen LogP contribution in [0.2, 0.25) is 0 Å². The summed E-state index contributed by atoms with van der Waals surface area (Å²) in [4.78, 5) is 25.0. The standard InChI is InChI=1S/C17H23NO4/c1-12(2)22-17(21)15-5-3-13(4-6-15)11-18-9-7-14(8-10-18)16(19)20/h3-6,12,14H,7-11H2,1-2H3,(H,19,20). The molecular formula is C17H23NO4. The van der Waals surface area contributed by atoms with Crippen LogP contribution in [0.15, 0.2) is 24.3 Å². The van der Waals surface area contributed by atoms with Gasteiger partial charge in [0, 0.05) is 6.54 Å². The van der Waals surface area contributed by atoms with Crippen LogP contribution in [0.3, 0.4) is 0 Å². The molecule has 1 aromatic carbocycles. The predicted molar refractivity (Wildman–Crippen MR) is 82.6 cm³/mol. The van der Waals surface area contributed by atoms with Crippen LogP contribution in [-0.4, -0.2) is 41.1 Å². The summed E-state index contributed by atoms with van der Waals surface area (Å²) in [6.07, 6.45) is 1.28. The number of nitrogens with zero attached hydrogens (tertiary/aromatic N) is 1. The molecule has 0 aliphatic carbocycles. The number of carboxylic acid groups (broad SMARTS) is 1. The highest BCUT2D eigenvalue weighted by atomic mass is 16.5. The Morgan fingerprint density at radius 2 is 1.82 bits per heavy atom. The van der Waals surface area contributed by atoms with Crippen molar-refractivity contribution in [2.75, 3.05) is 13.1 Å². The number of aliphatic carboxylic acids is 1. The topological polar surface area (TPSA) is 66.8 Å². The molecule has 0 spiro atoms. The zero-order valence-corrected chi connectivity index (χ0v) is 13.1. The number of carboxylic acids is 1. The van der Waals surface area contributed by atoms with Crippen LogP contribution >= 0.6 is 0 Å². The highest BCUT2D eigenvalue weighted by Gasteiger charge is 2.24. The van der Waals surface area contributed by atoms with Crippen LogP contribution in [0.5, 0.6) is 0 Å². The quantitative estimate of drug-likeness (QED) is 0.847. The fourth-order valence-electron chi connectivity index (χ4n) is 2.62. The summed E-state index contributed by atoms with van der Waals surface area (Å²) in [5.74, 6) is -1.19. The molecule has 0 aromatic heterocycles. The van der Waals surface area contributed by atoms with Crippen LogP contribution in [0.4, 0.5) is 0 Å². The molecule has 120 valence electrons. The Hall–Kier alpha value is -1.88. The Kier molecular flexibility index (Phi) is 5.55. The minimum Gasteiger partial charge on any atom is -0.481 e. The Bertz CT molecular complexity index is 516. The fraction of sp³-hybridized carbons (Fsp3) is 0.529. The molecule has 1 N–H and O–H groups in total. The number of carbonyl (C=O) groups is 2. The number of likely N-dealkylation sites (tertiary alicyclic amines) is 1. The van der Waals surface area contributed by atoms with Crippen LogP contribution in [-0.2, 0) is 16.1 Å². The summed E-state index contributed by atoms with van der Waals surface area (Å²) < 4.78 is 5.16. The Morgan fingerprint density at radius 1 is 1.23 bits per heavy atom. The maximum absolute atomic E-state index is 11.8. The minimum atomic E-state index is -0.687. The average Bonchev–Trinajstić information content (AvgIpc) is 2.48. The first-order valence-corrected chi connectivity index (χ1v) is 7.71. The monoisotopic (exact) mass is 305 g/mol. The molecule has 2 rings (SSSR count). The lowest BCUT2D eigenvalue weighted by Crippen LogP contribution is -2.35. The maximum Gasteiger partial charge on any atom is 0.338 e. The lowest BCUT2D eigenvalue weighted by Gasteiger charge is -2.30. The van der Waals surface area contributed by atoms with Crippen molar-refractivity contribution >= 4 is 11.9 Å². The summed E-state index contributed by atoms with van der Waals surface area (Å²) >= 11 is 0. The van der Waals surface area contributed by atoms with Gasteiger partial charge in [0.05, 0.1) is 17.6 Å². The summed E-state index contributed by atoms with van der Waals surface area (Å²) in [6.45, 7) is 6.04. The van der Waals surface area contributed by atoms with Gasteiger partial charge in [0.1, 0.15) is 0 Å². The molecule has 1 saturated heterocycles. The number of carbonyl (C=O) groups excluding carboxylic acids is 1. The molecule has 1 aromatic rings. The molecule has 0 amide bonds. The zero-order chi connectivity index (χ0) is 16.1. The van der Waals surface area contributed by atoms with Gasteiger partial charge < -0.3 is 9.84 Å². The van der Waals surface area contributed by atoms with Gasteiger partial charge >= 0.3 is 11.9 Å². The molecule has 0 atom stereocenters. The van der Waals surface area contributed by atoms with E-state index in [1.165, 1.54) is 0 Å². The molecule has 5 heteroatoms. The van der Waals surface area contributed by atoms with Gasteiger partial charge in [-0.25, -0.2) is 4.79 Å². The van der Waals surface area contributed by atoms with Crippen molar-refractivity contribution in [3.63, 3.8) is 0 Å². The first-order chi connectivity index (χ1) is 10.5. The van der Waals surface area contributed by atoms with E-state index in [1.54, 1.807) is 12.1 Å². The number of benzene rings is 1. The smallest absolute Gasteiger partial charge is 0.338 e. The number of ether oxygens (including phenoxy) is 1. The SMILES string of the molecule is CC(C)OC(=O)c1ccc(CN2CCC(C(=O)O)CC2)cc1. The van der Waals surface area contributed by atoms with Crippen LogP contribution < -0.4 is 0 Å². The summed E-state index contributed by atoms with van der Waals surface area (Å²) in [5.41, 5.74) is 1.68. The van der Waals surface area contributed by atoms with Gasteiger partial charge in [-0.05, 0) is 57.5 Å². The second-order valence-corrected chi connectivity index (χ2v) is 6.04. The number of esters is 1. The van der Waals surface area contributed by atoms with E-state index >= 15 is 0 Å². The number of piperidine rings is 1. The second kappa shape index (κ2) is 7.40. The molecule has 1 aliphatic heterocycles. The van der Waals surface area contributed by atoms with Crippen molar-refractivity contribution in [1.82, 2.24) is 4.90 Å². The lowest BCUT2D eigenvalue weighted by atomic mass is 9.97. The third-order valence-electron chi connectivity index (χ3n) is 3.88. The van der Waals surface area contributed by atoms with Crippen molar-refractivity contribution in [2.24, 2.45) is 5.92 Å². The number of hydrogen-bond acceptors (Lipinski definition) is 4. The number of rotatable bonds is 5. The van der Waals surface area contributed by atoms with Crippen molar-refractivity contribution in [3.8, 4) is 0 Å². The molecule has 0 radical (unpaired) electrons. The molecule has 0 unspecified atom stereocenters. The molecule has 22 heavy (non-hydrogen) atoms. The van der Waals surface area contributed by atoms with Gasteiger partial charge in [-0.3, -0.25) is 9.69 Å². The minimum absolute atomic E-state index is 0.122. The highest BCUT2D eigenvalue weighted by molar-refractivity contribution is 5.89. The molecule has 0 saturated carbocycles. The van der Waals surface area contributed by atoms with E-state index in [0.717, 1.165) is 25.2 Å². The Balaban J connectivity index is 1.87. The zero-order valence-electron chi connectivity index (χ0n) is 13.1. The van der Waals surface area contributed by atoms with E-state index in [-0.39, 0.29) is 18.0 Å². The van der Waals surface area contributed by atoms with Crippen molar-refractivity contribution in [3.05, 3.63) is 35.4 Å². The third kappa shape index (κ3) is 4.56. The summed E-state index contributed by atoms with van der Waals surface area (Å²) in [7, 11) is 0. The van der Waals surface area contributed by atoms with Crippen molar-refractivity contribution in [1.29, 1.82) is 0 Å². The van der Waals surface area contributed by atoms with Gasteiger partial charge in [-0.1, -0.05) is 12.1 Å². The van der Waals surface area contributed by atoms with Crippen molar-refractivity contribution < 1.29 is 19.4 Å². The van der Waals surface area contributed by atoms with Crippen LogP contribution in [0.25, 0.3) is 0 Å². The summed E-state index contributed by atoms with van der Waals surface area (Å²) in [6, 6.07) is 7.43. The third-order valence-corrected chi connectivity index (χ3v) is 3.88. The van der Waals surface area contributed by atoms with E-state index in [9.17, 15) is 9.59 Å². The van der Waals surface area contributed by atoms with E-state index < -0.39 is 5.97 Å². The molecule has 1 heterocycles. The predicted octanol–water partition coefficient (Wildman–Crippen LogP) is 2.55. The van der Waals surface area contributed by atoms with Gasteiger partial charge in [0.25, 0.3) is 0 Å². The molecule has 5 nitrogen and oxygen atoms in total. The fourth-order valence-corrected chi connectivity index (χ4v) is 2.62. The van der Waals surface area contributed by atoms with Gasteiger partial charge in [-0.2, -0.15) is 0 Å². The molecule has 0 bridgehead atoms. The second-order valence-electron chi connectivity index (χ2n) is 6.04. The Morgan fingerprint density at radius 3 is 2.32 bits per heavy atom. The van der Waals surface area contributed by atoms with Crippen LogP contribution in [0.1, 0.15) is 42.6 Å². The van der Waals surface area contributed by atoms with Gasteiger partial charge in [0.2, 0.25) is 0 Å². The van der Waals surface area contributed by atoms with Crippen LogP contribution in [0, 0.1) is 5.92 Å². The first-order valence-electron chi connectivity index (χ1n) is 7.71. The lowest BCUT2D eigenvalue weighted by molar-refractivity contribution is -0.143. The largest absolute Gasteiger partial charge is 0.481 e. The average molecular weight is 305 g/mol. The summed E-state index contributed by atoms with van der Waals surface area (Å²) in [5, 5.41) is 9.00. The normalized spacial score (nSPS) is 16.7. The highest BCUT2D eigenvalue weighted by Crippen LogP contribution is 2.19. The van der Waals surface area contributed by atoms with Crippen molar-refractivity contribution in [2.45, 2.75) is 39.3 Å². The van der Waals surface area contributed by atoms with Gasteiger partial charge in [-0.15, -0.1) is 0 Å². The number of hydrogen-bond donors (Lipinski definition) is 1. The van der Waals surface area contributed by atoms with E-state index in [2.05, 4.69) is 4.90 Å². The molecule has 1 aliphatic rings. The van der Waals surface area contributed by atoms with E-state index in [1.807, 2.05) is 26.0 Å². The Labute approximate surface area is 130 Å². The van der Waals surface area contributed by atoms with E-state index in [4.69, 9.17) is 9.84 Å². The van der Waals surface area contributed by atoms with Gasteiger partial charge in [0.15, 0.2) is 0 Å². The maximum atomic E-state index is 11.8. The first kappa shape index (κ1) is 16.5.